The van der Waals surface area contributed by atoms with Crippen LogP contribution in [0.3, 0.4) is 0 Å². The van der Waals surface area contributed by atoms with Crippen molar-refractivity contribution >= 4 is 56.2 Å². The predicted octanol–water partition coefficient (Wildman–Crippen LogP) is 3.57. The Bertz CT molecular complexity index is 937. The summed E-state index contributed by atoms with van der Waals surface area (Å²) in [7, 11) is -3.87. The second kappa shape index (κ2) is 8.36. The zero-order chi connectivity index (χ0) is 19.6. The maximum absolute atomic E-state index is 12.8. The number of rotatable bonds is 6. The number of sulfonamides is 1. The minimum atomic E-state index is -3.87. The highest BCUT2D eigenvalue weighted by Crippen LogP contribution is 2.32. The molecule has 146 valence electrons. The van der Waals surface area contributed by atoms with Gasteiger partial charge in [0, 0.05) is 23.5 Å². The number of carbonyl (C=O) groups excluding carboxylic acids is 1. The van der Waals surface area contributed by atoms with Gasteiger partial charge in [-0.15, -0.1) is 11.3 Å². The monoisotopic (exact) mass is 448 g/mol. The molecule has 0 saturated carbocycles. The molecular formula is C17H18Cl2N2O4S2. The van der Waals surface area contributed by atoms with Gasteiger partial charge < -0.3 is 9.64 Å². The lowest BCUT2D eigenvalue weighted by Crippen LogP contribution is -2.42. The van der Waals surface area contributed by atoms with E-state index in [1.807, 2.05) is 5.38 Å². The molecule has 3 rings (SSSR count). The molecule has 0 atom stereocenters. The number of nitrogens with zero attached hydrogens (tertiary/aromatic N) is 1. The summed E-state index contributed by atoms with van der Waals surface area (Å²) in [5, 5.41) is 4.05. The number of carbonyl (C=O) groups is 1. The zero-order valence-electron chi connectivity index (χ0n) is 14.5. The average molecular weight is 449 g/mol. The van der Waals surface area contributed by atoms with Gasteiger partial charge in [-0.05, 0) is 42.0 Å². The summed E-state index contributed by atoms with van der Waals surface area (Å²) in [6, 6.07) is 2.96. The van der Waals surface area contributed by atoms with Gasteiger partial charge in [0.15, 0.2) is 0 Å². The van der Waals surface area contributed by atoms with Crippen molar-refractivity contribution in [2.24, 2.45) is 0 Å². The molecule has 1 saturated heterocycles. The maximum Gasteiger partial charge on any atom is 0.263 e. The van der Waals surface area contributed by atoms with Gasteiger partial charge in [-0.1, -0.05) is 23.2 Å². The summed E-state index contributed by atoms with van der Waals surface area (Å²) in [6.45, 7) is 3.31. The molecule has 0 bridgehead atoms. The summed E-state index contributed by atoms with van der Waals surface area (Å²) < 4.78 is 33.4. The number of nitrogens with one attached hydrogen (secondary N) is 1. The van der Waals surface area contributed by atoms with E-state index in [9.17, 15) is 13.2 Å². The molecule has 1 aliphatic heterocycles. The Balaban J connectivity index is 1.77. The van der Waals surface area contributed by atoms with E-state index in [2.05, 4.69) is 4.72 Å². The van der Waals surface area contributed by atoms with Crippen LogP contribution in [0.1, 0.15) is 11.1 Å². The lowest BCUT2D eigenvalue weighted by atomic mass is 10.2. The van der Waals surface area contributed by atoms with Crippen LogP contribution in [0.25, 0.3) is 0 Å². The van der Waals surface area contributed by atoms with Gasteiger partial charge in [-0.25, -0.2) is 8.42 Å². The van der Waals surface area contributed by atoms with E-state index in [4.69, 9.17) is 27.9 Å². The second-order valence-corrected chi connectivity index (χ2v) is 9.34. The van der Waals surface area contributed by atoms with Crippen molar-refractivity contribution in [1.29, 1.82) is 0 Å². The summed E-state index contributed by atoms with van der Waals surface area (Å²) in [4.78, 5) is 13.6. The Hall–Kier alpha value is -1.32. The molecule has 1 amide bonds. The summed E-state index contributed by atoms with van der Waals surface area (Å²) in [6.07, 6.45) is 0.542. The fraction of sp³-hybridized carbons (Fsp3) is 0.353. The highest BCUT2D eigenvalue weighted by Gasteiger charge is 2.23. The van der Waals surface area contributed by atoms with Crippen LogP contribution in [0, 0.1) is 6.92 Å². The molecule has 0 unspecified atom stereocenters. The van der Waals surface area contributed by atoms with Crippen LogP contribution in [0.4, 0.5) is 5.69 Å². The SMILES string of the molecule is Cc1cc(Cl)cc(Cl)c1S(=O)(=O)Nc1cscc1CCN1CCOCC1=O. The number of hydrogen-bond donors (Lipinski definition) is 1. The molecule has 10 heteroatoms. The first-order valence-electron chi connectivity index (χ1n) is 8.17. The molecule has 1 aromatic heterocycles. The molecular weight excluding hydrogens is 431 g/mol. The van der Waals surface area contributed by atoms with Gasteiger partial charge in [0.25, 0.3) is 10.0 Å². The van der Waals surface area contributed by atoms with Gasteiger partial charge in [0.1, 0.15) is 11.5 Å². The van der Waals surface area contributed by atoms with E-state index in [-0.39, 0.29) is 22.4 Å². The number of amides is 1. The molecule has 0 aliphatic carbocycles. The van der Waals surface area contributed by atoms with Crippen molar-refractivity contribution in [1.82, 2.24) is 4.90 Å². The van der Waals surface area contributed by atoms with Crippen molar-refractivity contribution in [3.8, 4) is 0 Å². The molecule has 1 aliphatic rings. The Labute approximate surface area is 172 Å². The molecule has 1 fully saturated rings. The van der Waals surface area contributed by atoms with Crippen molar-refractivity contribution in [3.05, 3.63) is 44.1 Å². The molecule has 2 aromatic rings. The molecule has 0 radical (unpaired) electrons. The normalized spacial score (nSPS) is 15.2. The van der Waals surface area contributed by atoms with Crippen LogP contribution in [-0.2, 0) is 26.0 Å². The smallest absolute Gasteiger partial charge is 0.263 e. The van der Waals surface area contributed by atoms with Crippen LogP contribution in [0.15, 0.2) is 27.8 Å². The van der Waals surface area contributed by atoms with Crippen LogP contribution in [-0.4, -0.2) is 45.5 Å². The van der Waals surface area contributed by atoms with E-state index >= 15 is 0 Å². The maximum atomic E-state index is 12.8. The zero-order valence-corrected chi connectivity index (χ0v) is 17.6. The Morgan fingerprint density at radius 3 is 2.78 bits per heavy atom. The molecule has 1 aromatic carbocycles. The second-order valence-electron chi connectivity index (χ2n) is 6.13. The third-order valence-corrected chi connectivity index (χ3v) is 7.17. The largest absolute Gasteiger partial charge is 0.370 e. The molecule has 6 nitrogen and oxygen atoms in total. The van der Waals surface area contributed by atoms with Gasteiger partial charge in [0.2, 0.25) is 5.91 Å². The standard InChI is InChI=1S/C17H18Cl2N2O4S2/c1-11-6-13(18)7-14(19)17(11)27(23,24)20-15-10-26-9-12(15)2-3-21-4-5-25-8-16(21)22/h6-7,9-10,20H,2-5,8H2,1H3. The Morgan fingerprint density at radius 1 is 1.30 bits per heavy atom. The number of ether oxygens (including phenoxy) is 1. The summed E-state index contributed by atoms with van der Waals surface area (Å²) >= 11 is 13.4. The van der Waals surface area contributed by atoms with Crippen molar-refractivity contribution in [2.45, 2.75) is 18.2 Å². The van der Waals surface area contributed by atoms with E-state index in [1.165, 1.54) is 17.4 Å². The Morgan fingerprint density at radius 2 is 2.07 bits per heavy atom. The fourth-order valence-corrected chi connectivity index (χ4v) is 6.05. The Kier molecular flexibility index (Phi) is 6.32. The lowest BCUT2D eigenvalue weighted by Gasteiger charge is -2.26. The summed E-state index contributed by atoms with van der Waals surface area (Å²) in [5.74, 6) is -0.0535. The topological polar surface area (TPSA) is 75.7 Å². The average Bonchev–Trinajstić information content (AvgIpc) is 2.99. The predicted molar refractivity (Wildman–Crippen MR) is 107 cm³/mol. The fourth-order valence-electron chi connectivity index (χ4n) is 2.87. The van der Waals surface area contributed by atoms with E-state index < -0.39 is 10.0 Å². The molecule has 0 spiro atoms. The van der Waals surface area contributed by atoms with Gasteiger partial charge >= 0.3 is 0 Å². The number of hydrogen-bond acceptors (Lipinski definition) is 5. The first kappa shape index (κ1) is 20.4. The number of morpholine rings is 1. The first-order chi connectivity index (χ1) is 12.8. The number of anilines is 1. The quantitative estimate of drug-likeness (QED) is 0.732. The van der Waals surface area contributed by atoms with Crippen LogP contribution in [0.2, 0.25) is 10.0 Å². The first-order valence-corrected chi connectivity index (χ1v) is 11.3. The van der Waals surface area contributed by atoms with Gasteiger partial charge in [-0.3, -0.25) is 9.52 Å². The van der Waals surface area contributed by atoms with E-state index in [1.54, 1.807) is 23.3 Å². The number of aryl methyl sites for hydroxylation is 1. The van der Waals surface area contributed by atoms with Crippen LogP contribution < -0.4 is 4.72 Å². The highest BCUT2D eigenvalue weighted by atomic mass is 35.5. The van der Waals surface area contributed by atoms with Gasteiger partial charge in [0.05, 0.1) is 17.3 Å². The van der Waals surface area contributed by atoms with E-state index in [0.717, 1.165) is 5.56 Å². The number of halogens is 2. The van der Waals surface area contributed by atoms with Crippen molar-refractivity contribution in [2.75, 3.05) is 31.0 Å². The summed E-state index contributed by atoms with van der Waals surface area (Å²) in [5.41, 5.74) is 1.78. The van der Waals surface area contributed by atoms with Crippen LogP contribution >= 0.6 is 34.5 Å². The molecule has 2 heterocycles. The minimum absolute atomic E-state index is 0.00840. The van der Waals surface area contributed by atoms with Crippen LogP contribution in [0.5, 0.6) is 0 Å². The number of benzene rings is 1. The minimum Gasteiger partial charge on any atom is -0.370 e. The molecule has 1 N–H and O–H groups in total. The van der Waals surface area contributed by atoms with Gasteiger partial charge in [-0.2, -0.15) is 0 Å². The lowest BCUT2D eigenvalue weighted by molar-refractivity contribution is -0.142. The third kappa shape index (κ3) is 4.75. The van der Waals surface area contributed by atoms with Crippen molar-refractivity contribution in [3.63, 3.8) is 0 Å². The molecule has 27 heavy (non-hydrogen) atoms. The number of thiophene rings is 1. The van der Waals surface area contributed by atoms with E-state index in [0.29, 0.717) is 42.4 Å². The highest BCUT2D eigenvalue weighted by molar-refractivity contribution is 7.93. The third-order valence-electron chi connectivity index (χ3n) is 4.18. The van der Waals surface area contributed by atoms with Crippen molar-refractivity contribution < 1.29 is 17.9 Å².